The molecule has 104 valence electrons. The first-order valence-electron chi connectivity index (χ1n) is 7.18. The van der Waals surface area contributed by atoms with Crippen molar-refractivity contribution in [2.45, 2.75) is 58.3 Å². The highest BCUT2D eigenvalue weighted by Crippen LogP contribution is 2.19. The SMILES string of the molecule is CCCCCCC(C(=O)S)C(=O)N1CCCCC1. The zero-order valence-electron chi connectivity index (χ0n) is 11.4. The predicted molar refractivity (Wildman–Crippen MR) is 76.7 cm³/mol. The maximum Gasteiger partial charge on any atom is 0.234 e. The molecule has 1 aliphatic rings. The van der Waals surface area contributed by atoms with Crippen molar-refractivity contribution < 1.29 is 9.59 Å². The van der Waals surface area contributed by atoms with Gasteiger partial charge in [0.25, 0.3) is 0 Å². The summed E-state index contributed by atoms with van der Waals surface area (Å²) in [4.78, 5) is 25.6. The van der Waals surface area contributed by atoms with E-state index in [0.29, 0.717) is 6.42 Å². The van der Waals surface area contributed by atoms with Crippen LogP contribution in [0.15, 0.2) is 0 Å². The van der Waals surface area contributed by atoms with E-state index in [-0.39, 0.29) is 11.0 Å². The second-order valence-electron chi connectivity index (χ2n) is 5.13. The van der Waals surface area contributed by atoms with E-state index in [1.165, 1.54) is 19.3 Å². The summed E-state index contributed by atoms with van der Waals surface area (Å²) in [5.74, 6) is -0.505. The highest BCUT2D eigenvalue weighted by Gasteiger charge is 2.28. The van der Waals surface area contributed by atoms with Crippen LogP contribution in [0, 0.1) is 5.92 Å². The molecule has 3 nitrogen and oxygen atoms in total. The summed E-state index contributed by atoms with van der Waals surface area (Å²) in [6.45, 7) is 3.77. The van der Waals surface area contributed by atoms with E-state index < -0.39 is 5.92 Å². The number of carbonyl (C=O) groups is 2. The maximum atomic E-state index is 12.3. The lowest BCUT2D eigenvalue weighted by molar-refractivity contribution is -0.139. The largest absolute Gasteiger partial charge is 0.342 e. The number of carbonyl (C=O) groups excluding carboxylic acids is 2. The molecule has 1 saturated heterocycles. The Kier molecular flexibility index (Phi) is 7.40. The average molecular weight is 271 g/mol. The van der Waals surface area contributed by atoms with Crippen LogP contribution < -0.4 is 0 Å². The molecular formula is C14H25NO2S. The lowest BCUT2D eigenvalue weighted by atomic mass is 9.99. The summed E-state index contributed by atoms with van der Waals surface area (Å²) in [5.41, 5.74) is 0. The zero-order valence-corrected chi connectivity index (χ0v) is 12.3. The molecule has 0 bridgehead atoms. The second kappa shape index (κ2) is 8.57. The molecule has 18 heavy (non-hydrogen) atoms. The van der Waals surface area contributed by atoms with Crippen LogP contribution >= 0.6 is 12.6 Å². The molecule has 0 spiro atoms. The van der Waals surface area contributed by atoms with Crippen molar-refractivity contribution in [3.05, 3.63) is 0 Å². The molecule has 1 heterocycles. The van der Waals surface area contributed by atoms with Gasteiger partial charge in [-0.05, 0) is 25.7 Å². The van der Waals surface area contributed by atoms with Gasteiger partial charge in [-0.3, -0.25) is 9.59 Å². The summed E-state index contributed by atoms with van der Waals surface area (Å²) in [6, 6.07) is 0. The standard InChI is InChI=1S/C14H25NO2S/c1-2-3-4-6-9-12(14(17)18)13(16)15-10-7-5-8-11-15/h12H,2-11H2,1H3,(H,17,18). The molecule has 0 N–H and O–H groups in total. The Balaban J connectivity index is 2.44. The van der Waals surface area contributed by atoms with Crippen molar-refractivity contribution in [2.75, 3.05) is 13.1 Å². The van der Waals surface area contributed by atoms with Gasteiger partial charge in [-0.25, -0.2) is 0 Å². The summed E-state index contributed by atoms with van der Waals surface area (Å²) < 4.78 is 0. The van der Waals surface area contributed by atoms with Crippen LogP contribution in [0.2, 0.25) is 0 Å². The number of likely N-dealkylation sites (tertiary alicyclic amines) is 1. The number of hydrogen-bond acceptors (Lipinski definition) is 2. The van der Waals surface area contributed by atoms with Crippen LogP contribution in [0.3, 0.4) is 0 Å². The van der Waals surface area contributed by atoms with Crippen LogP contribution in [0.4, 0.5) is 0 Å². The summed E-state index contributed by atoms with van der Waals surface area (Å²) in [7, 11) is 0. The Labute approximate surface area is 116 Å². The number of hydrogen-bond donors (Lipinski definition) is 1. The minimum Gasteiger partial charge on any atom is -0.342 e. The monoisotopic (exact) mass is 271 g/mol. The van der Waals surface area contributed by atoms with Gasteiger partial charge in [0, 0.05) is 13.1 Å². The molecule has 1 rings (SSSR count). The maximum absolute atomic E-state index is 12.3. The smallest absolute Gasteiger partial charge is 0.234 e. The summed E-state index contributed by atoms with van der Waals surface area (Å²) >= 11 is 3.89. The second-order valence-corrected chi connectivity index (χ2v) is 5.57. The molecular weight excluding hydrogens is 246 g/mol. The van der Waals surface area contributed by atoms with Crippen LogP contribution in [0.5, 0.6) is 0 Å². The van der Waals surface area contributed by atoms with Gasteiger partial charge in [0.15, 0.2) is 5.12 Å². The van der Waals surface area contributed by atoms with Gasteiger partial charge in [-0.2, -0.15) is 0 Å². The highest BCUT2D eigenvalue weighted by atomic mass is 32.1. The van der Waals surface area contributed by atoms with Gasteiger partial charge >= 0.3 is 0 Å². The van der Waals surface area contributed by atoms with E-state index in [9.17, 15) is 9.59 Å². The topological polar surface area (TPSA) is 37.4 Å². The lowest BCUT2D eigenvalue weighted by Crippen LogP contribution is -2.41. The number of thiol groups is 1. The number of amides is 1. The number of nitrogens with zero attached hydrogens (tertiary/aromatic N) is 1. The van der Waals surface area contributed by atoms with Gasteiger partial charge in [0.1, 0.15) is 5.92 Å². The molecule has 1 fully saturated rings. The van der Waals surface area contributed by atoms with Gasteiger partial charge < -0.3 is 4.90 Å². The van der Waals surface area contributed by atoms with Gasteiger partial charge in [-0.15, -0.1) is 12.6 Å². The van der Waals surface area contributed by atoms with Crippen molar-refractivity contribution in [2.24, 2.45) is 5.92 Å². The van der Waals surface area contributed by atoms with E-state index in [2.05, 4.69) is 19.6 Å². The minimum atomic E-state index is -0.511. The normalized spacial score (nSPS) is 17.6. The molecule has 0 aromatic rings. The van der Waals surface area contributed by atoms with Gasteiger partial charge in [0.2, 0.25) is 5.91 Å². The number of piperidine rings is 1. The molecule has 0 aromatic heterocycles. The molecule has 1 unspecified atom stereocenters. The van der Waals surface area contributed by atoms with Crippen LogP contribution in [0.1, 0.15) is 58.3 Å². The van der Waals surface area contributed by atoms with Crippen molar-refractivity contribution in [3.63, 3.8) is 0 Å². The third-order valence-corrected chi connectivity index (χ3v) is 3.92. The first-order valence-corrected chi connectivity index (χ1v) is 7.63. The molecule has 0 aromatic carbocycles. The van der Waals surface area contributed by atoms with E-state index in [4.69, 9.17) is 0 Å². The Morgan fingerprint density at radius 1 is 1.11 bits per heavy atom. The molecule has 4 heteroatoms. The average Bonchev–Trinajstić information content (AvgIpc) is 2.39. The Morgan fingerprint density at radius 2 is 1.78 bits per heavy atom. The Hall–Kier alpha value is -0.510. The fourth-order valence-electron chi connectivity index (χ4n) is 2.46. The third kappa shape index (κ3) is 5.01. The summed E-state index contributed by atoms with van der Waals surface area (Å²) in [6.07, 6.45) is 8.37. The first-order chi connectivity index (χ1) is 8.66. The molecule has 0 radical (unpaired) electrons. The lowest BCUT2D eigenvalue weighted by Gasteiger charge is -2.29. The summed E-state index contributed by atoms with van der Waals surface area (Å²) in [5, 5.41) is -0.262. The van der Waals surface area contributed by atoms with Gasteiger partial charge in [-0.1, -0.05) is 32.6 Å². The Morgan fingerprint density at radius 3 is 2.33 bits per heavy atom. The molecule has 1 aliphatic heterocycles. The van der Waals surface area contributed by atoms with Crippen molar-refractivity contribution in [1.82, 2.24) is 4.90 Å². The van der Waals surface area contributed by atoms with Crippen molar-refractivity contribution >= 4 is 23.7 Å². The van der Waals surface area contributed by atoms with Crippen LogP contribution in [-0.2, 0) is 9.59 Å². The minimum absolute atomic E-state index is 0.00574. The predicted octanol–water partition coefficient (Wildman–Crippen LogP) is 3.04. The van der Waals surface area contributed by atoms with Crippen LogP contribution in [-0.4, -0.2) is 29.0 Å². The van der Waals surface area contributed by atoms with E-state index in [1.807, 2.05) is 4.90 Å². The van der Waals surface area contributed by atoms with E-state index in [0.717, 1.165) is 38.8 Å². The molecule has 1 amide bonds. The number of rotatable bonds is 7. The van der Waals surface area contributed by atoms with Gasteiger partial charge in [0.05, 0.1) is 0 Å². The zero-order chi connectivity index (χ0) is 13.4. The Bertz CT molecular complexity index is 275. The third-order valence-electron chi connectivity index (χ3n) is 3.61. The van der Waals surface area contributed by atoms with E-state index >= 15 is 0 Å². The fraction of sp³-hybridized carbons (Fsp3) is 0.857. The van der Waals surface area contributed by atoms with E-state index in [1.54, 1.807) is 0 Å². The molecule has 0 aliphatic carbocycles. The first kappa shape index (κ1) is 15.5. The van der Waals surface area contributed by atoms with Crippen molar-refractivity contribution in [1.29, 1.82) is 0 Å². The molecule has 1 atom stereocenters. The highest BCUT2D eigenvalue weighted by molar-refractivity contribution is 7.96. The quantitative estimate of drug-likeness (QED) is 0.439. The molecule has 0 saturated carbocycles. The fourth-order valence-corrected chi connectivity index (χ4v) is 2.70. The van der Waals surface area contributed by atoms with Crippen molar-refractivity contribution in [3.8, 4) is 0 Å². The van der Waals surface area contributed by atoms with Crippen LogP contribution in [0.25, 0.3) is 0 Å². The number of unbranched alkanes of at least 4 members (excludes halogenated alkanes) is 3.